The lowest BCUT2D eigenvalue weighted by Gasteiger charge is -2.29. The van der Waals surface area contributed by atoms with E-state index in [1.54, 1.807) is 22.0 Å². The van der Waals surface area contributed by atoms with Crippen LogP contribution in [0.2, 0.25) is 0 Å². The van der Waals surface area contributed by atoms with Crippen LogP contribution in [0, 0.1) is 0 Å². The van der Waals surface area contributed by atoms with Gasteiger partial charge in [-0.15, -0.1) is 24.5 Å². The van der Waals surface area contributed by atoms with Crippen molar-refractivity contribution < 1.29 is 4.74 Å². The summed E-state index contributed by atoms with van der Waals surface area (Å²) in [5.41, 5.74) is 0.890. The van der Waals surface area contributed by atoms with Gasteiger partial charge in [0.2, 0.25) is 0 Å². The van der Waals surface area contributed by atoms with Gasteiger partial charge in [-0.25, -0.2) is 4.98 Å². The number of rotatable bonds is 5. The van der Waals surface area contributed by atoms with Crippen LogP contribution in [0.3, 0.4) is 0 Å². The van der Waals surface area contributed by atoms with Crippen LogP contribution in [-0.4, -0.2) is 20.9 Å². The second-order valence-electron chi connectivity index (χ2n) is 6.11. The third-order valence-corrected chi connectivity index (χ3v) is 5.87. The zero-order valence-electron chi connectivity index (χ0n) is 13.4. The molecule has 0 amide bonds. The Kier molecular flexibility index (Phi) is 4.49. The molecule has 6 heteroatoms. The lowest BCUT2D eigenvalue weighted by Crippen LogP contribution is -2.32. The van der Waals surface area contributed by atoms with Crippen LogP contribution < -0.4 is 5.56 Å². The molecule has 0 bridgehead atoms. The molecule has 0 unspecified atom stereocenters. The maximum atomic E-state index is 13.0. The summed E-state index contributed by atoms with van der Waals surface area (Å²) in [6.45, 7) is 12.6. The SMILES string of the molecule is C=CCSc1nc2sc3c(c2c(=O)n1CC=C)CC(C)(C)OC3. The number of thiophene rings is 1. The Labute approximate surface area is 143 Å². The summed E-state index contributed by atoms with van der Waals surface area (Å²) in [4.78, 5) is 19.7. The van der Waals surface area contributed by atoms with Crippen LogP contribution >= 0.6 is 23.1 Å². The van der Waals surface area contributed by atoms with E-state index in [0.29, 0.717) is 13.2 Å². The zero-order valence-corrected chi connectivity index (χ0v) is 15.1. The van der Waals surface area contributed by atoms with E-state index in [1.807, 2.05) is 6.08 Å². The second kappa shape index (κ2) is 6.26. The molecule has 0 radical (unpaired) electrons. The molecule has 122 valence electrons. The van der Waals surface area contributed by atoms with Crippen molar-refractivity contribution in [3.63, 3.8) is 0 Å². The number of allylic oxidation sites excluding steroid dienone is 1. The molecule has 3 heterocycles. The summed E-state index contributed by atoms with van der Waals surface area (Å²) in [6, 6.07) is 0. The third-order valence-electron chi connectivity index (χ3n) is 3.80. The molecule has 4 nitrogen and oxygen atoms in total. The lowest BCUT2D eigenvalue weighted by molar-refractivity contribution is -0.0379. The fourth-order valence-corrected chi connectivity index (χ4v) is 4.63. The molecule has 1 aliphatic rings. The molecule has 0 N–H and O–H groups in total. The zero-order chi connectivity index (χ0) is 16.6. The van der Waals surface area contributed by atoms with Crippen LogP contribution in [0.15, 0.2) is 35.3 Å². The summed E-state index contributed by atoms with van der Waals surface area (Å²) in [5.74, 6) is 0.719. The van der Waals surface area contributed by atoms with E-state index in [0.717, 1.165) is 38.0 Å². The van der Waals surface area contributed by atoms with Crippen molar-refractivity contribution in [2.45, 2.75) is 44.2 Å². The van der Waals surface area contributed by atoms with E-state index >= 15 is 0 Å². The van der Waals surface area contributed by atoms with Crippen LogP contribution in [-0.2, 0) is 24.3 Å². The van der Waals surface area contributed by atoms with Crippen molar-refractivity contribution >= 4 is 33.3 Å². The molecule has 0 aliphatic carbocycles. The van der Waals surface area contributed by atoms with Crippen molar-refractivity contribution in [3.8, 4) is 0 Å². The number of ether oxygens (including phenoxy) is 1. The number of aromatic nitrogens is 2. The van der Waals surface area contributed by atoms with Gasteiger partial charge < -0.3 is 4.74 Å². The van der Waals surface area contributed by atoms with Crippen LogP contribution in [0.5, 0.6) is 0 Å². The van der Waals surface area contributed by atoms with Gasteiger partial charge in [0, 0.05) is 23.6 Å². The highest BCUT2D eigenvalue weighted by atomic mass is 32.2. The quantitative estimate of drug-likeness (QED) is 0.469. The second-order valence-corrected chi connectivity index (χ2v) is 8.18. The molecule has 0 aromatic carbocycles. The number of nitrogens with zero attached hydrogens (tertiary/aromatic N) is 2. The van der Waals surface area contributed by atoms with E-state index in [9.17, 15) is 4.79 Å². The first-order valence-electron chi connectivity index (χ1n) is 7.50. The number of hydrogen-bond donors (Lipinski definition) is 0. The summed E-state index contributed by atoms with van der Waals surface area (Å²) >= 11 is 3.10. The van der Waals surface area contributed by atoms with Crippen LogP contribution in [0.1, 0.15) is 24.3 Å². The Morgan fingerprint density at radius 2 is 2.22 bits per heavy atom. The molecular formula is C17H20N2O2S2. The van der Waals surface area contributed by atoms with E-state index in [-0.39, 0.29) is 11.2 Å². The third kappa shape index (κ3) is 3.03. The minimum atomic E-state index is -0.243. The average molecular weight is 348 g/mol. The van der Waals surface area contributed by atoms with Gasteiger partial charge in [-0.3, -0.25) is 9.36 Å². The predicted molar refractivity (Wildman–Crippen MR) is 97.6 cm³/mol. The van der Waals surface area contributed by atoms with Gasteiger partial charge in [0.05, 0.1) is 17.6 Å². The smallest absolute Gasteiger partial charge is 0.263 e. The highest BCUT2D eigenvalue weighted by Crippen LogP contribution is 2.37. The average Bonchev–Trinajstić information content (AvgIpc) is 2.85. The molecule has 2 aromatic heterocycles. The van der Waals surface area contributed by atoms with Gasteiger partial charge in [0.25, 0.3) is 5.56 Å². The predicted octanol–water partition coefficient (Wildman–Crippen LogP) is 3.77. The normalized spacial score (nSPS) is 16.3. The van der Waals surface area contributed by atoms with E-state index in [2.05, 4.69) is 27.0 Å². The van der Waals surface area contributed by atoms with E-state index in [1.165, 1.54) is 11.8 Å². The van der Waals surface area contributed by atoms with Gasteiger partial charge in [-0.05, 0) is 19.4 Å². The molecule has 0 atom stereocenters. The fraction of sp³-hybridized carbons (Fsp3) is 0.412. The summed E-state index contributed by atoms with van der Waals surface area (Å²) in [5, 5.41) is 1.48. The topological polar surface area (TPSA) is 44.1 Å². The van der Waals surface area contributed by atoms with Crippen molar-refractivity contribution in [2.24, 2.45) is 0 Å². The monoisotopic (exact) mass is 348 g/mol. The molecule has 0 spiro atoms. The van der Waals surface area contributed by atoms with Gasteiger partial charge in [-0.1, -0.05) is 23.9 Å². The fourth-order valence-electron chi connectivity index (χ4n) is 2.74. The van der Waals surface area contributed by atoms with Crippen molar-refractivity contribution in [3.05, 3.63) is 46.1 Å². The van der Waals surface area contributed by atoms with Crippen LogP contribution in [0.25, 0.3) is 10.2 Å². The molecule has 1 aliphatic heterocycles. The first-order chi connectivity index (χ1) is 11.0. The first kappa shape index (κ1) is 16.5. The van der Waals surface area contributed by atoms with Gasteiger partial charge in [0.1, 0.15) is 4.83 Å². The minimum Gasteiger partial charge on any atom is -0.370 e. The maximum absolute atomic E-state index is 13.0. The van der Waals surface area contributed by atoms with Gasteiger partial charge in [0.15, 0.2) is 5.16 Å². The molecule has 3 rings (SSSR count). The first-order valence-corrected chi connectivity index (χ1v) is 9.30. The van der Waals surface area contributed by atoms with E-state index in [4.69, 9.17) is 9.72 Å². The molecule has 0 saturated heterocycles. The van der Waals surface area contributed by atoms with Crippen LogP contribution in [0.4, 0.5) is 0 Å². The summed E-state index contributed by atoms with van der Waals surface area (Å²) < 4.78 is 7.58. The number of hydrogen-bond acceptors (Lipinski definition) is 5. The standard InChI is InChI=1S/C17H20N2O2S2/c1-5-7-19-15(20)13-11-9-17(3,4)21-10-12(11)23-14(13)18-16(19)22-8-6-2/h5-6H,1-2,7-10H2,3-4H3. The van der Waals surface area contributed by atoms with E-state index < -0.39 is 0 Å². The Hall–Kier alpha value is -1.37. The summed E-state index contributed by atoms with van der Waals surface area (Å²) in [7, 11) is 0. The number of fused-ring (bicyclic) bond motifs is 3. The Morgan fingerprint density at radius 3 is 2.91 bits per heavy atom. The summed E-state index contributed by atoms with van der Waals surface area (Å²) in [6.07, 6.45) is 4.29. The Bertz CT molecular complexity index is 833. The maximum Gasteiger partial charge on any atom is 0.263 e. The lowest BCUT2D eigenvalue weighted by atomic mass is 9.94. The Morgan fingerprint density at radius 1 is 1.43 bits per heavy atom. The minimum absolute atomic E-state index is 0.0247. The van der Waals surface area contributed by atoms with Crippen molar-refractivity contribution in [1.82, 2.24) is 9.55 Å². The molecular weight excluding hydrogens is 328 g/mol. The van der Waals surface area contributed by atoms with Crippen molar-refractivity contribution in [2.75, 3.05) is 5.75 Å². The van der Waals surface area contributed by atoms with Gasteiger partial charge >= 0.3 is 0 Å². The molecule has 2 aromatic rings. The van der Waals surface area contributed by atoms with Gasteiger partial charge in [-0.2, -0.15) is 0 Å². The molecule has 23 heavy (non-hydrogen) atoms. The molecule has 0 fully saturated rings. The highest BCUT2D eigenvalue weighted by molar-refractivity contribution is 7.99. The van der Waals surface area contributed by atoms with Crippen molar-refractivity contribution in [1.29, 1.82) is 0 Å². The largest absolute Gasteiger partial charge is 0.370 e. The highest BCUT2D eigenvalue weighted by Gasteiger charge is 2.31. The Balaban J connectivity index is 2.22. The number of thioether (sulfide) groups is 1. The molecule has 0 saturated carbocycles.